The standard InChI is InChI=1S/C15H20N2OS/c1-3-12(2)19-11-15(18)17-10-9-14(16-17)13-7-5-4-6-8-13/h4-8,12H,3,9-11H2,1-2H3/t12-/m1/s1. The van der Waals surface area contributed by atoms with Crippen LogP contribution in [0.3, 0.4) is 0 Å². The lowest BCUT2D eigenvalue weighted by molar-refractivity contribution is -0.127. The zero-order valence-electron chi connectivity index (χ0n) is 11.5. The Labute approximate surface area is 119 Å². The van der Waals surface area contributed by atoms with Crippen LogP contribution in [0.4, 0.5) is 0 Å². The summed E-state index contributed by atoms with van der Waals surface area (Å²) in [4.78, 5) is 12.0. The molecule has 3 nitrogen and oxygen atoms in total. The molecule has 0 unspecified atom stereocenters. The number of hydrazone groups is 1. The molecule has 0 N–H and O–H groups in total. The molecule has 0 saturated heterocycles. The Hall–Kier alpha value is -1.29. The maximum atomic E-state index is 12.0. The molecular weight excluding hydrogens is 256 g/mol. The third-order valence-electron chi connectivity index (χ3n) is 3.26. The molecule has 0 aliphatic carbocycles. The topological polar surface area (TPSA) is 32.7 Å². The zero-order chi connectivity index (χ0) is 13.7. The third kappa shape index (κ3) is 3.83. The number of benzene rings is 1. The Morgan fingerprint density at radius 2 is 2.16 bits per heavy atom. The minimum atomic E-state index is 0.122. The Morgan fingerprint density at radius 1 is 1.42 bits per heavy atom. The fourth-order valence-electron chi connectivity index (χ4n) is 1.88. The summed E-state index contributed by atoms with van der Waals surface area (Å²) in [6.07, 6.45) is 1.94. The molecule has 102 valence electrons. The number of rotatable bonds is 5. The van der Waals surface area contributed by atoms with Crippen LogP contribution in [0.2, 0.25) is 0 Å². The molecule has 4 heteroatoms. The van der Waals surface area contributed by atoms with Gasteiger partial charge in [0.2, 0.25) is 0 Å². The monoisotopic (exact) mass is 276 g/mol. The molecule has 1 aromatic rings. The van der Waals surface area contributed by atoms with E-state index < -0.39 is 0 Å². The van der Waals surface area contributed by atoms with Crippen molar-refractivity contribution in [2.24, 2.45) is 5.10 Å². The largest absolute Gasteiger partial charge is 0.272 e. The Morgan fingerprint density at radius 3 is 2.84 bits per heavy atom. The molecule has 0 fully saturated rings. The van der Waals surface area contributed by atoms with Gasteiger partial charge in [-0.2, -0.15) is 5.10 Å². The molecule has 0 spiro atoms. The second-order valence-corrected chi connectivity index (χ2v) is 6.14. The minimum absolute atomic E-state index is 0.122. The van der Waals surface area contributed by atoms with Crippen molar-refractivity contribution in [1.82, 2.24) is 5.01 Å². The molecule has 1 atom stereocenters. The van der Waals surface area contributed by atoms with E-state index in [-0.39, 0.29) is 5.91 Å². The van der Waals surface area contributed by atoms with Gasteiger partial charge < -0.3 is 0 Å². The summed E-state index contributed by atoms with van der Waals surface area (Å²) in [5, 5.41) is 6.60. The first-order chi connectivity index (χ1) is 9.20. The van der Waals surface area contributed by atoms with Gasteiger partial charge >= 0.3 is 0 Å². The third-order valence-corrected chi connectivity index (χ3v) is 4.58. The summed E-state index contributed by atoms with van der Waals surface area (Å²) in [5.74, 6) is 0.650. The molecule has 0 saturated carbocycles. The van der Waals surface area contributed by atoms with E-state index in [0.29, 0.717) is 17.5 Å². The lowest BCUT2D eigenvalue weighted by Gasteiger charge is -2.13. The Bertz CT molecular complexity index is 458. The van der Waals surface area contributed by atoms with Gasteiger partial charge in [-0.15, -0.1) is 11.8 Å². The summed E-state index contributed by atoms with van der Waals surface area (Å²) in [7, 11) is 0. The van der Waals surface area contributed by atoms with Crippen molar-refractivity contribution in [3.8, 4) is 0 Å². The highest BCUT2D eigenvalue weighted by atomic mass is 32.2. The molecule has 1 aromatic carbocycles. The summed E-state index contributed by atoms with van der Waals surface area (Å²) < 4.78 is 0. The summed E-state index contributed by atoms with van der Waals surface area (Å²) in [6.45, 7) is 5.01. The summed E-state index contributed by atoms with van der Waals surface area (Å²) in [5.41, 5.74) is 2.13. The second-order valence-electron chi connectivity index (χ2n) is 4.71. The maximum absolute atomic E-state index is 12.0. The van der Waals surface area contributed by atoms with Crippen molar-refractivity contribution in [2.75, 3.05) is 12.3 Å². The summed E-state index contributed by atoms with van der Waals surface area (Å²) in [6, 6.07) is 10.1. The number of carbonyl (C=O) groups is 1. The maximum Gasteiger partial charge on any atom is 0.252 e. The van der Waals surface area contributed by atoms with Crippen molar-refractivity contribution in [3.63, 3.8) is 0 Å². The molecule has 1 aliphatic rings. The number of carbonyl (C=O) groups excluding carboxylic acids is 1. The molecular formula is C15H20N2OS. The molecule has 0 radical (unpaired) electrons. The number of amides is 1. The SMILES string of the molecule is CC[C@@H](C)SCC(=O)N1CCC(c2ccccc2)=N1. The van der Waals surface area contributed by atoms with E-state index in [1.165, 1.54) is 0 Å². The van der Waals surface area contributed by atoms with Gasteiger partial charge in [-0.05, 0) is 12.0 Å². The van der Waals surface area contributed by atoms with Crippen molar-refractivity contribution in [2.45, 2.75) is 31.9 Å². The molecule has 0 aromatic heterocycles. The van der Waals surface area contributed by atoms with Crippen LogP contribution in [-0.2, 0) is 4.79 Å². The van der Waals surface area contributed by atoms with Crippen LogP contribution in [0, 0.1) is 0 Å². The van der Waals surface area contributed by atoms with E-state index in [0.717, 1.165) is 24.1 Å². The number of hydrogen-bond donors (Lipinski definition) is 0. The predicted molar refractivity (Wildman–Crippen MR) is 81.5 cm³/mol. The average Bonchev–Trinajstić information content (AvgIpc) is 2.95. The number of hydrogen-bond acceptors (Lipinski definition) is 3. The summed E-state index contributed by atoms with van der Waals surface area (Å²) >= 11 is 1.71. The van der Waals surface area contributed by atoms with Crippen molar-refractivity contribution in [3.05, 3.63) is 35.9 Å². The Kier molecular flexibility index (Phi) is 5.02. The molecule has 2 rings (SSSR count). The van der Waals surface area contributed by atoms with Crippen LogP contribution in [0.5, 0.6) is 0 Å². The van der Waals surface area contributed by atoms with Gasteiger partial charge in [0.25, 0.3) is 5.91 Å². The lowest BCUT2D eigenvalue weighted by Crippen LogP contribution is -2.25. The molecule has 1 heterocycles. The van der Waals surface area contributed by atoms with Crippen molar-refractivity contribution in [1.29, 1.82) is 0 Å². The van der Waals surface area contributed by atoms with Crippen molar-refractivity contribution < 1.29 is 4.79 Å². The van der Waals surface area contributed by atoms with E-state index in [2.05, 4.69) is 18.9 Å². The first-order valence-electron chi connectivity index (χ1n) is 6.75. The number of nitrogens with zero attached hydrogens (tertiary/aromatic N) is 2. The van der Waals surface area contributed by atoms with E-state index in [1.54, 1.807) is 16.8 Å². The van der Waals surface area contributed by atoms with E-state index >= 15 is 0 Å². The van der Waals surface area contributed by atoms with Crippen LogP contribution >= 0.6 is 11.8 Å². The Balaban J connectivity index is 1.93. The van der Waals surface area contributed by atoms with Crippen LogP contribution < -0.4 is 0 Å². The molecule has 19 heavy (non-hydrogen) atoms. The number of thioether (sulfide) groups is 1. The van der Waals surface area contributed by atoms with Gasteiger partial charge in [-0.3, -0.25) is 4.79 Å². The second kappa shape index (κ2) is 6.75. The van der Waals surface area contributed by atoms with Crippen LogP contribution in [0.15, 0.2) is 35.4 Å². The molecule has 0 bridgehead atoms. The van der Waals surface area contributed by atoms with Crippen LogP contribution in [0.1, 0.15) is 32.3 Å². The highest BCUT2D eigenvalue weighted by molar-refractivity contribution is 8.00. The van der Waals surface area contributed by atoms with Gasteiger partial charge in [-0.25, -0.2) is 5.01 Å². The lowest BCUT2D eigenvalue weighted by atomic mass is 10.1. The zero-order valence-corrected chi connectivity index (χ0v) is 12.3. The highest BCUT2D eigenvalue weighted by Gasteiger charge is 2.21. The van der Waals surface area contributed by atoms with Gasteiger partial charge in [0.15, 0.2) is 0 Å². The fraction of sp³-hybridized carbons (Fsp3) is 0.467. The normalized spacial score (nSPS) is 16.3. The first kappa shape index (κ1) is 14.1. The smallest absolute Gasteiger partial charge is 0.252 e. The molecule has 1 aliphatic heterocycles. The predicted octanol–water partition coefficient (Wildman–Crippen LogP) is 3.15. The van der Waals surface area contributed by atoms with E-state index in [4.69, 9.17) is 0 Å². The minimum Gasteiger partial charge on any atom is -0.272 e. The average molecular weight is 276 g/mol. The fourth-order valence-corrected chi connectivity index (χ4v) is 2.69. The van der Waals surface area contributed by atoms with Gasteiger partial charge in [0.05, 0.1) is 18.0 Å². The van der Waals surface area contributed by atoms with Gasteiger partial charge in [-0.1, -0.05) is 44.2 Å². The first-order valence-corrected chi connectivity index (χ1v) is 7.80. The van der Waals surface area contributed by atoms with Crippen LogP contribution in [0.25, 0.3) is 0 Å². The van der Waals surface area contributed by atoms with E-state index in [1.807, 2.05) is 30.3 Å². The van der Waals surface area contributed by atoms with Gasteiger partial charge in [0, 0.05) is 11.7 Å². The highest BCUT2D eigenvalue weighted by Crippen LogP contribution is 2.18. The van der Waals surface area contributed by atoms with Gasteiger partial charge in [0.1, 0.15) is 0 Å². The molecule has 1 amide bonds. The van der Waals surface area contributed by atoms with E-state index in [9.17, 15) is 4.79 Å². The quantitative estimate of drug-likeness (QED) is 0.827. The van der Waals surface area contributed by atoms with Crippen LogP contribution in [-0.4, -0.2) is 34.2 Å². The van der Waals surface area contributed by atoms with Crippen molar-refractivity contribution >= 4 is 23.4 Å².